The van der Waals surface area contributed by atoms with Gasteiger partial charge in [-0.25, -0.2) is 13.1 Å². The number of aromatic nitrogens is 4. The normalized spacial score (nSPS) is 11.5. The highest BCUT2D eigenvalue weighted by atomic mass is 32.2. The maximum Gasteiger partial charge on any atom is 0.209 e. The largest absolute Gasteiger partial charge is 0.384 e. The molecule has 0 bridgehead atoms. The zero-order valence-corrected chi connectivity index (χ0v) is 12.9. The molecule has 2 aromatic rings. The lowest BCUT2D eigenvalue weighted by atomic mass is 10.2. The van der Waals surface area contributed by atoms with Crippen LogP contribution in [-0.4, -0.2) is 46.0 Å². The fraction of sp³-hybridized carbons (Fsp3) is 0.273. The van der Waals surface area contributed by atoms with Crippen molar-refractivity contribution in [2.24, 2.45) is 12.8 Å². The van der Waals surface area contributed by atoms with Crippen LogP contribution in [0.15, 0.2) is 34.3 Å². The molecule has 0 saturated carbocycles. The van der Waals surface area contributed by atoms with Gasteiger partial charge in [0.05, 0.1) is 10.6 Å². The lowest BCUT2D eigenvalue weighted by molar-refractivity contribution is 0.597. The van der Waals surface area contributed by atoms with Crippen LogP contribution in [0.4, 0.5) is 0 Å². The number of hydrogen-bond acceptors (Lipinski definition) is 7. The number of hydrogen-bond donors (Lipinski definition) is 2. The van der Waals surface area contributed by atoms with E-state index in [1.165, 1.54) is 28.6 Å². The first-order chi connectivity index (χ1) is 9.90. The molecule has 21 heavy (non-hydrogen) atoms. The van der Waals surface area contributed by atoms with Gasteiger partial charge in [-0.05, 0) is 22.6 Å². The summed E-state index contributed by atoms with van der Waals surface area (Å²) in [6.45, 7) is 0. The van der Waals surface area contributed by atoms with Crippen molar-refractivity contribution in [3.05, 3.63) is 29.8 Å². The van der Waals surface area contributed by atoms with E-state index >= 15 is 0 Å². The van der Waals surface area contributed by atoms with Crippen LogP contribution in [0.1, 0.15) is 5.56 Å². The first-order valence-corrected chi connectivity index (χ1v) is 8.56. The van der Waals surface area contributed by atoms with Crippen molar-refractivity contribution >= 4 is 27.4 Å². The number of sulfone groups is 1. The highest BCUT2D eigenvalue weighted by molar-refractivity contribution is 8.00. The van der Waals surface area contributed by atoms with E-state index in [-0.39, 0.29) is 16.5 Å². The summed E-state index contributed by atoms with van der Waals surface area (Å²) >= 11 is 1.27. The minimum Gasteiger partial charge on any atom is -0.384 e. The van der Waals surface area contributed by atoms with Crippen molar-refractivity contribution in [2.75, 3.05) is 11.5 Å². The molecule has 8 nitrogen and oxygen atoms in total. The molecule has 10 heteroatoms. The summed E-state index contributed by atoms with van der Waals surface area (Å²) in [6, 6.07) is 6.08. The monoisotopic (exact) mass is 326 g/mol. The van der Waals surface area contributed by atoms with E-state index in [1.807, 2.05) is 0 Å². The van der Waals surface area contributed by atoms with Gasteiger partial charge in [-0.1, -0.05) is 23.9 Å². The lowest BCUT2D eigenvalue weighted by Crippen LogP contribution is -2.14. The molecule has 0 atom stereocenters. The van der Waals surface area contributed by atoms with Crippen molar-refractivity contribution in [1.29, 1.82) is 5.41 Å². The molecule has 0 aliphatic carbocycles. The molecule has 0 spiro atoms. The van der Waals surface area contributed by atoms with E-state index in [4.69, 9.17) is 11.1 Å². The molecule has 112 valence electrons. The predicted molar refractivity (Wildman–Crippen MR) is 79.0 cm³/mol. The molecule has 0 amide bonds. The summed E-state index contributed by atoms with van der Waals surface area (Å²) in [5.41, 5.74) is 5.76. The van der Waals surface area contributed by atoms with E-state index in [9.17, 15) is 8.42 Å². The van der Waals surface area contributed by atoms with Crippen LogP contribution in [0, 0.1) is 5.41 Å². The smallest absolute Gasteiger partial charge is 0.209 e. The summed E-state index contributed by atoms with van der Waals surface area (Å²) in [5, 5.41) is 18.8. The summed E-state index contributed by atoms with van der Waals surface area (Å²) in [7, 11) is -1.75. The quantitative estimate of drug-likeness (QED) is 0.436. The number of benzene rings is 1. The third-order valence-corrected chi connectivity index (χ3v) is 5.65. The number of nitrogens with one attached hydrogen (secondary N) is 1. The van der Waals surface area contributed by atoms with Gasteiger partial charge in [0.2, 0.25) is 5.16 Å². The highest BCUT2D eigenvalue weighted by Gasteiger charge is 2.16. The second-order valence-corrected chi connectivity index (χ2v) is 7.37. The Hall–Kier alpha value is -1.94. The minimum atomic E-state index is -3.43. The second-order valence-electron chi connectivity index (χ2n) is 4.19. The van der Waals surface area contributed by atoms with Crippen LogP contribution in [0.25, 0.3) is 0 Å². The third-order valence-electron chi connectivity index (χ3n) is 2.67. The number of tetrazole rings is 1. The van der Waals surface area contributed by atoms with E-state index in [0.717, 1.165) is 0 Å². The van der Waals surface area contributed by atoms with Gasteiger partial charge < -0.3 is 5.73 Å². The molecular weight excluding hydrogens is 312 g/mol. The SMILES string of the molecule is Cn1nnnc1SCCS(=O)(=O)c1cccc(C(=N)N)c1. The number of thioether (sulfide) groups is 1. The van der Waals surface area contributed by atoms with Crippen molar-refractivity contribution in [2.45, 2.75) is 10.1 Å². The molecule has 0 fully saturated rings. The standard InChI is InChI=1S/C11H14N6O2S2/c1-17-11(14-15-16-17)20-5-6-21(18,19)9-4-2-3-8(7-9)10(12)13/h2-4,7H,5-6H2,1H3,(H3,12,13). The molecule has 3 N–H and O–H groups in total. The molecule has 0 aliphatic rings. The Bertz CT molecular complexity index is 756. The Kier molecular flexibility index (Phi) is 4.58. The fourth-order valence-corrected chi connectivity index (χ4v) is 4.10. The van der Waals surface area contributed by atoms with Gasteiger partial charge in [-0.3, -0.25) is 5.41 Å². The van der Waals surface area contributed by atoms with Gasteiger partial charge in [-0.2, -0.15) is 0 Å². The average Bonchev–Trinajstić information content (AvgIpc) is 2.84. The minimum absolute atomic E-state index is 0.0497. The van der Waals surface area contributed by atoms with Crippen LogP contribution < -0.4 is 5.73 Å². The topological polar surface area (TPSA) is 128 Å². The summed E-state index contributed by atoms with van der Waals surface area (Å²) in [5.74, 6) is 0.124. The van der Waals surface area contributed by atoms with Gasteiger partial charge in [0.25, 0.3) is 0 Å². The number of aryl methyl sites for hydroxylation is 1. The van der Waals surface area contributed by atoms with Crippen LogP contribution in [0.5, 0.6) is 0 Å². The first kappa shape index (κ1) is 15.4. The summed E-state index contributed by atoms with van der Waals surface area (Å²) < 4.78 is 26.0. The van der Waals surface area contributed by atoms with Gasteiger partial charge in [0.1, 0.15) is 5.84 Å². The van der Waals surface area contributed by atoms with Crippen LogP contribution in [-0.2, 0) is 16.9 Å². The molecule has 1 heterocycles. The molecule has 0 aliphatic heterocycles. The predicted octanol–water partition coefficient (Wildman–Crippen LogP) is 0.0602. The van der Waals surface area contributed by atoms with Crippen molar-refractivity contribution in [1.82, 2.24) is 20.2 Å². The Morgan fingerprint density at radius 1 is 1.48 bits per heavy atom. The van der Waals surface area contributed by atoms with Crippen LogP contribution in [0.3, 0.4) is 0 Å². The van der Waals surface area contributed by atoms with Crippen molar-refractivity contribution < 1.29 is 8.42 Å². The van der Waals surface area contributed by atoms with Gasteiger partial charge in [0, 0.05) is 18.4 Å². The number of nitrogens with zero attached hydrogens (tertiary/aromatic N) is 4. The third kappa shape index (κ3) is 3.79. The average molecular weight is 326 g/mol. The zero-order chi connectivity index (χ0) is 15.5. The van der Waals surface area contributed by atoms with Crippen molar-refractivity contribution in [3.8, 4) is 0 Å². The molecule has 0 radical (unpaired) electrons. The van der Waals surface area contributed by atoms with E-state index in [2.05, 4.69) is 15.5 Å². The summed E-state index contributed by atoms with van der Waals surface area (Å²) in [6.07, 6.45) is 0. The van der Waals surface area contributed by atoms with Gasteiger partial charge in [0.15, 0.2) is 9.84 Å². The summed E-state index contributed by atoms with van der Waals surface area (Å²) in [4.78, 5) is 0.159. The highest BCUT2D eigenvalue weighted by Crippen LogP contribution is 2.17. The second kappa shape index (κ2) is 6.22. The van der Waals surface area contributed by atoms with E-state index in [0.29, 0.717) is 16.5 Å². The maximum atomic E-state index is 12.2. The van der Waals surface area contributed by atoms with E-state index in [1.54, 1.807) is 19.2 Å². The Morgan fingerprint density at radius 2 is 2.24 bits per heavy atom. The Labute approximate surface area is 126 Å². The number of rotatable bonds is 6. The van der Waals surface area contributed by atoms with Gasteiger partial charge in [-0.15, -0.1) is 5.10 Å². The Morgan fingerprint density at radius 3 is 2.86 bits per heavy atom. The van der Waals surface area contributed by atoms with Crippen molar-refractivity contribution in [3.63, 3.8) is 0 Å². The molecule has 1 aromatic carbocycles. The molecule has 0 saturated heterocycles. The maximum absolute atomic E-state index is 12.2. The van der Waals surface area contributed by atoms with Crippen LogP contribution >= 0.6 is 11.8 Å². The fourth-order valence-electron chi connectivity index (χ4n) is 1.56. The first-order valence-electron chi connectivity index (χ1n) is 5.92. The zero-order valence-electron chi connectivity index (χ0n) is 11.2. The molecule has 1 aromatic heterocycles. The van der Waals surface area contributed by atoms with E-state index < -0.39 is 9.84 Å². The molecule has 2 rings (SSSR count). The number of amidine groups is 1. The van der Waals surface area contributed by atoms with Crippen LogP contribution in [0.2, 0.25) is 0 Å². The number of nitrogen functional groups attached to an aromatic ring is 1. The molecular formula is C11H14N6O2S2. The lowest BCUT2D eigenvalue weighted by Gasteiger charge is -2.06. The molecule has 0 unspecified atom stereocenters. The Balaban J connectivity index is 2.06. The number of nitrogens with two attached hydrogens (primary N) is 1. The van der Waals surface area contributed by atoms with Gasteiger partial charge >= 0.3 is 0 Å².